The SMILES string of the molecule is CC1CN(c2cc(F)c(-c3cc(F)c(C(=O)NC4CCCCC4)c(F)c3)cc2-n2cc(C(N)=O)c(C(F)(F)F)cc2=O)CC(C)N1C. The first-order valence-electron chi connectivity index (χ1n) is 15.3. The molecule has 1 aliphatic heterocycles. The van der Waals surface area contributed by atoms with Crippen molar-refractivity contribution < 1.29 is 35.9 Å². The summed E-state index contributed by atoms with van der Waals surface area (Å²) >= 11 is 0. The maximum Gasteiger partial charge on any atom is 0.417 e. The van der Waals surface area contributed by atoms with Crippen molar-refractivity contribution in [2.24, 2.45) is 5.73 Å². The molecule has 1 saturated heterocycles. The molecule has 2 aromatic carbocycles. The smallest absolute Gasteiger partial charge is 0.367 e. The average Bonchev–Trinajstić information content (AvgIpc) is 2.99. The fourth-order valence-electron chi connectivity index (χ4n) is 6.42. The van der Waals surface area contributed by atoms with Gasteiger partial charge in [-0.3, -0.25) is 23.9 Å². The molecule has 2 unspecified atom stereocenters. The lowest BCUT2D eigenvalue weighted by Gasteiger charge is -2.44. The Bertz CT molecular complexity index is 1730. The van der Waals surface area contributed by atoms with Crippen molar-refractivity contribution in [3.8, 4) is 16.8 Å². The molecule has 1 aromatic heterocycles. The number of anilines is 1. The number of nitrogens with two attached hydrogens (primary N) is 1. The number of piperazine rings is 1. The van der Waals surface area contributed by atoms with Gasteiger partial charge in [0.05, 0.1) is 22.5 Å². The van der Waals surface area contributed by atoms with E-state index in [2.05, 4.69) is 10.2 Å². The van der Waals surface area contributed by atoms with E-state index in [0.717, 1.165) is 48.1 Å². The van der Waals surface area contributed by atoms with Crippen molar-refractivity contribution in [3.05, 3.63) is 81.0 Å². The summed E-state index contributed by atoms with van der Waals surface area (Å²) in [5, 5.41) is 2.65. The minimum absolute atomic E-state index is 0.0599. The summed E-state index contributed by atoms with van der Waals surface area (Å²) < 4.78 is 88.6. The van der Waals surface area contributed by atoms with Crippen LogP contribution in [0.1, 0.15) is 72.2 Å². The molecule has 2 aliphatic rings. The zero-order valence-electron chi connectivity index (χ0n) is 26.1. The third-order valence-electron chi connectivity index (χ3n) is 9.17. The Morgan fingerprint density at radius 2 is 1.47 bits per heavy atom. The lowest BCUT2D eigenvalue weighted by atomic mass is 9.95. The van der Waals surface area contributed by atoms with Gasteiger partial charge in [-0.15, -0.1) is 0 Å². The molecule has 3 aromatic rings. The first-order valence-corrected chi connectivity index (χ1v) is 15.3. The standard InChI is InChI=1S/C33H35F6N5O3/c1-17-14-43(15-18(2)42(17)3)27-13-24(34)21(11-28(27)44-16-22(31(40)46)23(12-29(44)45)33(37,38)39)19-9-25(35)30(26(36)10-19)32(47)41-20-7-5-4-6-8-20/h9-13,16-18,20H,4-8,14-15H2,1-3H3,(H2,40,46)(H,41,47). The molecule has 0 bridgehead atoms. The number of nitrogens with one attached hydrogen (secondary N) is 1. The number of carbonyl (C=O) groups is 2. The second kappa shape index (κ2) is 13.1. The Morgan fingerprint density at radius 1 is 0.872 bits per heavy atom. The summed E-state index contributed by atoms with van der Waals surface area (Å²) in [5.74, 6) is -5.84. The molecule has 0 radical (unpaired) electrons. The molecule has 14 heteroatoms. The Balaban J connectivity index is 1.66. The molecule has 2 amide bonds. The molecular formula is C33H35F6N5O3. The van der Waals surface area contributed by atoms with Crippen LogP contribution in [0.2, 0.25) is 0 Å². The predicted molar refractivity (Wildman–Crippen MR) is 164 cm³/mol. The van der Waals surface area contributed by atoms with Gasteiger partial charge in [-0.25, -0.2) is 13.2 Å². The number of hydrogen-bond acceptors (Lipinski definition) is 5. The van der Waals surface area contributed by atoms with Gasteiger partial charge in [-0.05, 0) is 63.6 Å². The normalized spacial score (nSPS) is 19.6. The van der Waals surface area contributed by atoms with E-state index in [4.69, 9.17) is 5.73 Å². The number of nitrogens with zero attached hydrogens (tertiary/aromatic N) is 3. The predicted octanol–water partition coefficient (Wildman–Crippen LogP) is 5.63. The molecule has 2 heterocycles. The Morgan fingerprint density at radius 3 is 2.02 bits per heavy atom. The van der Waals surface area contributed by atoms with Crippen LogP contribution in [-0.4, -0.2) is 59.5 Å². The molecule has 252 valence electrons. The number of amides is 2. The van der Waals surface area contributed by atoms with Gasteiger partial charge in [0.15, 0.2) is 0 Å². The minimum atomic E-state index is -5.08. The number of likely N-dealkylation sites (N-methyl/N-ethyl adjacent to an activating group) is 1. The Kier molecular flexibility index (Phi) is 9.45. The highest BCUT2D eigenvalue weighted by Gasteiger charge is 2.37. The van der Waals surface area contributed by atoms with Crippen LogP contribution >= 0.6 is 0 Å². The second-order valence-corrected chi connectivity index (χ2v) is 12.4. The van der Waals surface area contributed by atoms with Gasteiger partial charge in [0.2, 0.25) is 0 Å². The molecule has 1 aliphatic carbocycles. The summed E-state index contributed by atoms with van der Waals surface area (Å²) in [6.07, 6.45) is -0.329. The van der Waals surface area contributed by atoms with Crippen molar-refractivity contribution in [2.75, 3.05) is 25.0 Å². The molecule has 2 fully saturated rings. The highest BCUT2D eigenvalue weighted by Crippen LogP contribution is 2.37. The third-order valence-corrected chi connectivity index (χ3v) is 9.17. The molecule has 47 heavy (non-hydrogen) atoms. The number of alkyl halides is 3. The van der Waals surface area contributed by atoms with Crippen LogP contribution < -0.4 is 21.5 Å². The number of rotatable bonds is 6. The van der Waals surface area contributed by atoms with Crippen molar-refractivity contribution in [1.29, 1.82) is 0 Å². The van der Waals surface area contributed by atoms with Gasteiger partial charge in [-0.2, -0.15) is 13.2 Å². The number of benzene rings is 2. The Labute approximate surface area is 267 Å². The van der Waals surface area contributed by atoms with E-state index in [1.807, 2.05) is 20.9 Å². The maximum absolute atomic E-state index is 15.9. The summed E-state index contributed by atoms with van der Waals surface area (Å²) in [6, 6.07) is 3.55. The van der Waals surface area contributed by atoms with Crippen LogP contribution in [-0.2, 0) is 6.18 Å². The topological polar surface area (TPSA) is 101 Å². The number of hydrogen-bond donors (Lipinski definition) is 2. The number of primary amides is 1. The van der Waals surface area contributed by atoms with Crippen molar-refractivity contribution >= 4 is 17.5 Å². The van der Waals surface area contributed by atoms with E-state index >= 15 is 13.2 Å². The summed E-state index contributed by atoms with van der Waals surface area (Å²) in [6.45, 7) is 4.50. The van der Waals surface area contributed by atoms with E-state index in [-0.39, 0.29) is 41.1 Å². The quantitative estimate of drug-likeness (QED) is 0.333. The fourth-order valence-corrected chi connectivity index (χ4v) is 6.42. The van der Waals surface area contributed by atoms with Crippen molar-refractivity contribution in [1.82, 2.24) is 14.8 Å². The van der Waals surface area contributed by atoms with Crippen molar-refractivity contribution in [3.63, 3.8) is 0 Å². The molecule has 2 atom stereocenters. The lowest BCUT2D eigenvalue weighted by Crippen LogP contribution is -2.55. The first-order chi connectivity index (χ1) is 22.1. The summed E-state index contributed by atoms with van der Waals surface area (Å²) in [5.41, 5.74) is -0.0790. The molecule has 1 saturated carbocycles. The van der Waals surface area contributed by atoms with Crippen LogP contribution in [0.3, 0.4) is 0 Å². The minimum Gasteiger partial charge on any atom is -0.367 e. The largest absolute Gasteiger partial charge is 0.417 e. The molecule has 3 N–H and O–H groups in total. The molecule has 8 nitrogen and oxygen atoms in total. The molecular weight excluding hydrogens is 628 g/mol. The highest BCUT2D eigenvalue weighted by atomic mass is 19.4. The van der Waals surface area contributed by atoms with E-state index in [9.17, 15) is 27.6 Å². The highest BCUT2D eigenvalue weighted by molar-refractivity contribution is 5.96. The molecule has 0 spiro atoms. The van der Waals surface area contributed by atoms with Gasteiger partial charge < -0.3 is 16.0 Å². The molecule has 5 rings (SSSR count). The fraction of sp³-hybridized carbons (Fsp3) is 0.424. The van der Waals surface area contributed by atoms with Gasteiger partial charge in [0.25, 0.3) is 17.4 Å². The van der Waals surface area contributed by atoms with E-state index in [1.54, 1.807) is 4.90 Å². The van der Waals surface area contributed by atoms with E-state index in [0.29, 0.717) is 32.1 Å². The van der Waals surface area contributed by atoms with Crippen LogP contribution in [0.5, 0.6) is 0 Å². The number of halogens is 6. The zero-order valence-corrected chi connectivity index (χ0v) is 26.1. The van der Waals surface area contributed by atoms with Crippen LogP contribution in [0.4, 0.5) is 32.0 Å². The third kappa shape index (κ3) is 6.87. The number of carbonyl (C=O) groups excluding carboxylic acids is 2. The second-order valence-electron chi connectivity index (χ2n) is 12.4. The van der Waals surface area contributed by atoms with Crippen molar-refractivity contribution in [2.45, 2.75) is 70.3 Å². The summed E-state index contributed by atoms with van der Waals surface area (Å²) in [7, 11) is 1.90. The lowest BCUT2D eigenvalue weighted by molar-refractivity contribution is -0.138. The number of aromatic nitrogens is 1. The van der Waals surface area contributed by atoms with Gasteiger partial charge in [0, 0.05) is 49.0 Å². The zero-order chi connectivity index (χ0) is 34.4. The maximum atomic E-state index is 15.9. The monoisotopic (exact) mass is 663 g/mol. The summed E-state index contributed by atoms with van der Waals surface area (Å²) in [4.78, 5) is 42.0. The first kappa shape index (κ1) is 34.0. The number of pyridine rings is 1. The van der Waals surface area contributed by atoms with Crippen LogP contribution in [0, 0.1) is 17.5 Å². The average molecular weight is 664 g/mol. The van der Waals surface area contributed by atoms with E-state index in [1.165, 1.54) is 0 Å². The van der Waals surface area contributed by atoms with Gasteiger partial charge in [-0.1, -0.05) is 19.3 Å². The van der Waals surface area contributed by atoms with Gasteiger partial charge in [0.1, 0.15) is 23.0 Å². The van der Waals surface area contributed by atoms with Gasteiger partial charge >= 0.3 is 6.18 Å². The van der Waals surface area contributed by atoms with Crippen LogP contribution in [0.15, 0.2) is 41.3 Å². The van der Waals surface area contributed by atoms with Crippen LogP contribution in [0.25, 0.3) is 16.8 Å². The Hall–Kier alpha value is -4.33. The van der Waals surface area contributed by atoms with E-state index < -0.39 is 63.3 Å².